The molecular weight excluding hydrogens is 600 g/mol. The Hall–Kier alpha value is -3.41. The molecule has 4 heterocycles. The molecule has 6 atom stereocenters. The molecule has 3 aliphatic heterocycles. The first-order chi connectivity index (χ1) is 22.1. The van der Waals surface area contributed by atoms with E-state index in [9.17, 15) is 14.4 Å². The van der Waals surface area contributed by atoms with Crippen molar-refractivity contribution in [1.82, 2.24) is 14.9 Å². The van der Waals surface area contributed by atoms with Crippen molar-refractivity contribution in [2.24, 2.45) is 23.2 Å². The largest absolute Gasteiger partial charge is 0.497 e. The first-order valence-electron chi connectivity index (χ1n) is 16.5. The Kier molecular flexibility index (Phi) is 9.20. The van der Waals surface area contributed by atoms with E-state index in [2.05, 4.69) is 9.97 Å². The van der Waals surface area contributed by atoms with Crippen molar-refractivity contribution in [3.8, 4) is 11.6 Å². The predicted octanol–water partition coefficient (Wildman–Crippen LogP) is 5.24. The number of aldehydes is 1. The molecule has 4 aliphatic rings. The molecule has 0 unspecified atom stereocenters. The van der Waals surface area contributed by atoms with E-state index in [0.717, 1.165) is 12.8 Å². The maximum Gasteiger partial charge on any atom is 0.306 e. The fourth-order valence-corrected chi connectivity index (χ4v) is 7.75. The number of hydrogen-bond acceptors (Lipinski definition) is 9. The highest BCUT2D eigenvalue weighted by Gasteiger charge is 2.53. The number of fused-ring (bicyclic) bond motifs is 5. The third-order valence-electron chi connectivity index (χ3n) is 10.6. The van der Waals surface area contributed by atoms with Crippen LogP contribution in [-0.4, -0.2) is 78.1 Å². The maximum atomic E-state index is 16.1. The minimum Gasteiger partial charge on any atom is -0.497 e. The van der Waals surface area contributed by atoms with Crippen LogP contribution in [0.5, 0.6) is 11.6 Å². The van der Waals surface area contributed by atoms with Crippen molar-refractivity contribution < 1.29 is 42.1 Å². The van der Waals surface area contributed by atoms with E-state index in [1.807, 2.05) is 13.8 Å². The van der Waals surface area contributed by atoms with Crippen molar-refractivity contribution in [2.45, 2.75) is 95.8 Å². The minimum absolute atomic E-state index is 0.0310. The van der Waals surface area contributed by atoms with E-state index in [0.29, 0.717) is 56.4 Å². The van der Waals surface area contributed by atoms with Gasteiger partial charge < -0.3 is 28.6 Å². The average molecular weight is 644 g/mol. The van der Waals surface area contributed by atoms with E-state index in [4.69, 9.17) is 18.9 Å². The summed E-state index contributed by atoms with van der Waals surface area (Å²) in [6, 6.07) is 3.96. The highest BCUT2D eigenvalue weighted by Crippen LogP contribution is 2.44. The Labute approximate surface area is 267 Å². The number of methoxy groups -OCH3 is 1. The Morgan fingerprint density at radius 3 is 2.52 bits per heavy atom. The van der Waals surface area contributed by atoms with Crippen LogP contribution in [0.3, 0.4) is 0 Å². The molecule has 1 aromatic heterocycles. The lowest BCUT2D eigenvalue weighted by Crippen LogP contribution is -2.54. The molecule has 3 fully saturated rings. The van der Waals surface area contributed by atoms with Crippen molar-refractivity contribution >= 4 is 29.2 Å². The van der Waals surface area contributed by atoms with Crippen molar-refractivity contribution in [2.75, 3.05) is 26.9 Å². The van der Waals surface area contributed by atoms with Crippen LogP contribution in [0.15, 0.2) is 18.2 Å². The van der Waals surface area contributed by atoms with Crippen LogP contribution in [0.1, 0.15) is 77.3 Å². The van der Waals surface area contributed by atoms with Gasteiger partial charge in [-0.15, -0.1) is 0 Å². The van der Waals surface area contributed by atoms with E-state index in [-0.39, 0.29) is 48.7 Å². The summed E-state index contributed by atoms with van der Waals surface area (Å²) in [5.74, 6) is -5.20. The van der Waals surface area contributed by atoms with Crippen LogP contribution in [0.25, 0.3) is 11.0 Å². The van der Waals surface area contributed by atoms with E-state index in [1.54, 1.807) is 18.2 Å². The van der Waals surface area contributed by atoms with Gasteiger partial charge in [-0.25, -0.2) is 9.97 Å². The summed E-state index contributed by atoms with van der Waals surface area (Å²) in [4.78, 5) is 50.6. The number of carbonyl (C=O) groups is 3. The molecule has 0 radical (unpaired) electrons. The summed E-state index contributed by atoms with van der Waals surface area (Å²) < 4.78 is 55.2. The molecule has 1 saturated carbocycles. The number of ether oxygens (including phenoxy) is 4. The SMILES string of the molecule is CC[C@@H]1[C@@H]2CN(C(=O)[C@H](C3(C)COC3)CC(=O)O[C@@H]3CCC[C@H]3CCCCC(F)(F)c3nc4ccc(OC)cc4nc3O2)[C@@H]1C=O. The number of alkyl halides is 2. The third-order valence-corrected chi connectivity index (χ3v) is 10.6. The average Bonchev–Trinajstić information content (AvgIpc) is 3.62. The molecular formula is C34H43F2N3O7. The zero-order chi connectivity index (χ0) is 32.6. The Bertz CT molecular complexity index is 1470. The lowest BCUT2D eigenvalue weighted by Gasteiger charge is -2.45. The smallest absolute Gasteiger partial charge is 0.306 e. The van der Waals surface area contributed by atoms with Gasteiger partial charge >= 0.3 is 5.97 Å². The number of esters is 1. The number of benzene rings is 1. The minimum atomic E-state index is -3.35. The third kappa shape index (κ3) is 6.16. The normalized spacial score (nSPS) is 31.5. The standard InChI is InChI=1S/C34H43F2N3O7/c1-4-22-26(17-40)39-16-28(22)46-31-30(37-24-12-11-21(43-3)14-25(24)38-31)34(35,36)13-6-5-8-20-9-7-10-27(20)45-29(41)15-23(32(39)42)33(2)18-44-19-33/h11-12,14,17,20,22-23,26-28H,4-10,13,15-16,18-19H2,1-3H3/t20-,22+,23-,26-,27-,28+/m1/s1. The predicted molar refractivity (Wildman–Crippen MR) is 162 cm³/mol. The second-order valence-corrected chi connectivity index (χ2v) is 13.7. The first kappa shape index (κ1) is 32.5. The first-order valence-corrected chi connectivity index (χ1v) is 16.5. The van der Waals surface area contributed by atoms with E-state index >= 15 is 8.78 Å². The Balaban J connectivity index is 1.41. The molecule has 46 heavy (non-hydrogen) atoms. The van der Waals surface area contributed by atoms with Crippen LogP contribution in [0, 0.1) is 23.2 Å². The van der Waals surface area contributed by atoms with Gasteiger partial charge in [-0.05, 0) is 56.6 Å². The van der Waals surface area contributed by atoms with Gasteiger partial charge in [-0.1, -0.05) is 20.3 Å². The highest BCUT2D eigenvalue weighted by atomic mass is 19.3. The van der Waals surface area contributed by atoms with Crippen LogP contribution >= 0.6 is 0 Å². The zero-order valence-corrected chi connectivity index (χ0v) is 26.7. The quantitative estimate of drug-likeness (QED) is 0.326. The topological polar surface area (TPSA) is 117 Å². The maximum absolute atomic E-state index is 16.1. The summed E-state index contributed by atoms with van der Waals surface area (Å²) in [7, 11) is 1.50. The molecule has 12 heteroatoms. The summed E-state index contributed by atoms with van der Waals surface area (Å²) in [5.41, 5.74) is -0.567. The molecule has 10 nitrogen and oxygen atoms in total. The molecule has 0 spiro atoms. The molecule has 2 saturated heterocycles. The van der Waals surface area contributed by atoms with Crippen LogP contribution in [0.2, 0.25) is 0 Å². The molecule has 1 aliphatic carbocycles. The number of halogens is 2. The van der Waals surface area contributed by atoms with E-state index in [1.165, 1.54) is 12.0 Å². The van der Waals surface area contributed by atoms with Gasteiger partial charge in [0, 0.05) is 23.8 Å². The fourth-order valence-electron chi connectivity index (χ4n) is 7.75. The monoisotopic (exact) mass is 643 g/mol. The van der Waals surface area contributed by atoms with Crippen molar-refractivity contribution in [1.29, 1.82) is 0 Å². The molecule has 6 rings (SSSR count). The number of nitrogens with zero attached hydrogens (tertiary/aromatic N) is 3. The lowest BCUT2D eigenvalue weighted by atomic mass is 9.72. The van der Waals surface area contributed by atoms with Crippen molar-refractivity contribution in [3.05, 3.63) is 23.9 Å². The van der Waals surface area contributed by atoms with Crippen LogP contribution < -0.4 is 9.47 Å². The van der Waals surface area contributed by atoms with Crippen LogP contribution in [-0.2, 0) is 29.8 Å². The van der Waals surface area contributed by atoms with E-state index < -0.39 is 53.4 Å². The van der Waals surface area contributed by atoms with Gasteiger partial charge in [0.15, 0.2) is 5.69 Å². The number of rotatable bonds is 4. The van der Waals surface area contributed by atoms with Gasteiger partial charge in [0.25, 0.3) is 5.92 Å². The number of aromatic nitrogens is 2. The Morgan fingerprint density at radius 1 is 1.04 bits per heavy atom. The molecule has 1 aromatic carbocycles. The van der Waals surface area contributed by atoms with Gasteiger partial charge in [-0.2, -0.15) is 8.78 Å². The van der Waals surface area contributed by atoms with Gasteiger partial charge in [0.1, 0.15) is 24.2 Å². The molecule has 2 bridgehead atoms. The van der Waals surface area contributed by atoms with Gasteiger partial charge in [-0.3, -0.25) is 9.59 Å². The van der Waals surface area contributed by atoms with Crippen LogP contribution in [0.4, 0.5) is 8.78 Å². The summed E-state index contributed by atoms with van der Waals surface area (Å²) >= 11 is 0. The molecule has 2 aromatic rings. The summed E-state index contributed by atoms with van der Waals surface area (Å²) in [6.07, 6.45) is 3.34. The van der Waals surface area contributed by atoms with Gasteiger partial charge in [0.2, 0.25) is 11.8 Å². The number of amides is 1. The molecule has 1 amide bonds. The second-order valence-electron chi connectivity index (χ2n) is 13.7. The molecule has 0 N–H and O–H groups in total. The number of carbonyl (C=O) groups excluding carboxylic acids is 3. The fraction of sp³-hybridized carbons (Fsp3) is 0.676. The second kappa shape index (κ2) is 13.0. The highest BCUT2D eigenvalue weighted by molar-refractivity contribution is 5.87. The number of hydrogen-bond donors (Lipinski definition) is 0. The lowest BCUT2D eigenvalue weighted by molar-refractivity contribution is -0.176. The van der Waals surface area contributed by atoms with Gasteiger partial charge in [0.05, 0.1) is 56.3 Å². The zero-order valence-electron chi connectivity index (χ0n) is 26.7. The molecule has 250 valence electrons. The Morgan fingerprint density at radius 2 is 1.83 bits per heavy atom. The van der Waals surface area contributed by atoms with Crippen molar-refractivity contribution in [3.63, 3.8) is 0 Å². The summed E-state index contributed by atoms with van der Waals surface area (Å²) in [6.45, 7) is 4.33. The summed E-state index contributed by atoms with van der Waals surface area (Å²) in [5, 5.41) is 0.